The fourth-order valence-electron chi connectivity index (χ4n) is 1.74. The molecule has 2 rings (SSSR count). The zero-order valence-corrected chi connectivity index (χ0v) is 10.7. The van der Waals surface area contributed by atoms with Crippen molar-refractivity contribution in [3.8, 4) is 5.75 Å². The minimum atomic E-state index is 0.849. The van der Waals surface area contributed by atoms with Crippen LogP contribution in [-0.2, 0) is 0 Å². The van der Waals surface area contributed by atoms with Crippen LogP contribution in [-0.4, -0.2) is 7.11 Å². The molecule has 2 aromatic rings. The number of nitrogens with one attached hydrogen (secondary N) is 1. The van der Waals surface area contributed by atoms with E-state index in [2.05, 4.69) is 24.9 Å². The van der Waals surface area contributed by atoms with Gasteiger partial charge in [0.15, 0.2) is 0 Å². The van der Waals surface area contributed by atoms with Gasteiger partial charge in [0.2, 0.25) is 0 Å². The van der Waals surface area contributed by atoms with Gasteiger partial charge in [0.05, 0.1) is 7.11 Å². The molecule has 2 aromatic carbocycles. The number of para-hydroxylation sites is 1. The molecule has 0 radical (unpaired) electrons. The fraction of sp³-hybridized carbons (Fsp3) is 0.125. The van der Waals surface area contributed by atoms with E-state index in [9.17, 15) is 0 Å². The van der Waals surface area contributed by atoms with Crippen LogP contribution in [0.25, 0.3) is 5.70 Å². The first kappa shape index (κ1) is 12.2. The van der Waals surface area contributed by atoms with E-state index in [-0.39, 0.29) is 0 Å². The topological polar surface area (TPSA) is 21.3 Å². The molecule has 0 unspecified atom stereocenters. The molecule has 0 atom stereocenters. The molecule has 1 N–H and O–H groups in total. The molecule has 0 saturated heterocycles. The number of methoxy groups -OCH3 is 1. The minimum absolute atomic E-state index is 0.849. The summed E-state index contributed by atoms with van der Waals surface area (Å²) < 4.78 is 5.14. The van der Waals surface area contributed by atoms with E-state index < -0.39 is 0 Å². The molecule has 2 nitrogen and oxygen atoms in total. The van der Waals surface area contributed by atoms with E-state index in [1.807, 2.05) is 42.5 Å². The minimum Gasteiger partial charge on any atom is -0.497 e. The van der Waals surface area contributed by atoms with Gasteiger partial charge in [0.25, 0.3) is 0 Å². The largest absolute Gasteiger partial charge is 0.497 e. The quantitative estimate of drug-likeness (QED) is 0.867. The van der Waals surface area contributed by atoms with Crippen molar-refractivity contribution in [2.24, 2.45) is 0 Å². The van der Waals surface area contributed by atoms with Gasteiger partial charge in [-0.3, -0.25) is 0 Å². The van der Waals surface area contributed by atoms with Gasteiger partial charge in [-0.15, -0.1) is 0 Å². The average Bonchev–Trinajstić information content (AvgIpc) is 2.41. The lowest BCUT2D eigenvalue weighted by atomic mass is 10.1. The molecule has 18 heavy (non-hydrogen) atoms. The Labute approximate surface area is 108 Å². The second-order valence-electron chi connectivity index (χ2n) is 4.15. The summed E-state index contributed by atoms with van der Waals surface area (Å²) in [5.74, 6) is 0.849. The second-order valence-corrected chi connectivity index (χ2v) is 4.15. The van der Waals surface area contributed by atoms with Crippen LogP contribution in [0.3, 0.4) is 0 Å². The third-order valence-corrected chi connectivity index (χ3v) is 2.87. The maximum Gasteiger partial charge on any atom is 0.118 e. The van der Waals surface area contributed by atoms with Gasteiger partial charge in [0.1, 0.15) is 5.75 Å². The molecule has 0 fully saturated rings. The van der Waals surface area contributed by atoms with Crippen molar-refractivity contribution in [1.29, 1.82) is 0 Å². The molecule has 0 aliphatic rings. The van der Waals surface area contributed by atoms with E-state index in [0.717, 1.165) is 22.7 Å². The van der Waals surface area contributed by atoms with Gasteiger partial charge in [-0.1, -0.05) is 24.8 Å². The van der Waals surface area contributed by atoms with E-state index in [1.54, 1.807) is 7.11 Å². The molecule has 0 amide bonds. The Bertz CT molecular complexity index is 543. The molecule has 0 aliphatic heterocycles. The molecule has 0 saturated carbocycles. The Morgan fingerprint density at radius 3 is 2.33 bits per heavy atom. The van der Waals surface area contributed by atoms with Crippen LogP contribution in [0.15, 0.2) is 55.1 Å². The smallest absolute Gasteiger partial charge is 0.118 e. The van der Waals surface area contributed by atoms with Crippen LogP contribution < -0.4 is 10.1 Å². The van der Waals surface area contributed by atoms with Crippen molar-refractivity contribution in [2.75, 3.05) is 12.4 Å². The number of rotatable bonds is 4. The number of aryl methyl sites for hydroxylation is 1. The molecule has 0 aliphatic carbocycles. The fourth-order valence-corrected chi connectivity index (χ4v) is 1.74. The zero-order chi connectivity index (χ0) is 13.0. The van der Waals surface area contributed by atoms with Crippen LogP contribution >= 0.6 is 0 Å². The highest BCUT2D eigenvalue weighted by atomic mass is 16.5. The third-order valence-electron chi connectivity index (χ3n) is 2.87. The summed E-state index contributed by atoms with van der Waals surface area (Å²) in [6, 6.07) is 16.0. The summed E-state index contributed by atoms with van der Waals surface area (Å²) in [4.78, 5) is 0. The van der Waals surface area contributed by atoms with Gasteiger partial charge < -0.3 is 10.1 Å². The second kappa shape index (κ2) is 5.41. The molecule has 2 heteroatoms. The van der Waals surface area contributed by atoms with Gasteiger partial charge in [-0.25, -0.2) is 0 Å². The summed E-state index contributed by atoms with van der Waals surface area (Å²) in [6.07, 6.45) is 0. The van der Waals surface area contributed by atoms with Crippen LogP contribution in [0.5, 0.6) is 5.75 Å². The van der Waals surface area contributed by atoms with Gasteiger partial charge in [-0.2, -0.15) is 0 Å². The lowest BCUT2D eigenvalue weighted by molar-refractivity contribution is 0.415. The number of hydrogen-bond acceptors (Lipinski definition) is 2. The molecule has 92 valence electrons. The number of ether oxygens (including phenoxy) is 1. The van der Waals surface area contributed by atoms with Crippen molar-refractivity contribution in [2.45, 2.75) is 6.92 Å². The molecule has 0 spiro atoms. The van der Waals surface area contributed by atoms with Gasteiger partial charge >= 0.3 is 0 Å². The number of benzene rings is 2. The Hall–Kier alpha value is -2.22. The van der Waals surface area contributed by atoms with Crippen molar-refractivity contribution in [1.82, 2.24) is 0 Å². The highest BCUT2D eigenvalue weighted by Crippen LogP contribution is 2.21. The first-order valence-electron chi connectivity index (χ1n) is 5.86. The molecule has 0 heterocycles. The number of anilines is 1. The highest BCUT2D eigenvalue weighted by Gasteiger charge is 2.01. The van der Waals surface area contributed by atoms with E-state index in [1.165, 1.54) is 5.56 Å². The summed E-state index contributed by atoms with van der Waals surface area (Å²) in [7, 11) is 1.66. The SMILES string of the molecule is C=C(Nc1ccccc1C)c1ccc(OC)cc1. The third kappa shape index (κ3) is 2.72. The molecule has 0 bridgehead atoms. The highest BCUT2D eigenvalue weighted by molar-refractivity contribution is 5.76. The average molecular weight is 239 g/mol. The Morgan fingerprint density at radius 2 is 1.72 bits per heavy atom. The van der Waals surface area contributed by atoms with E-state index in [0.29, 0.717) is 0 Å². The number of hydrogen-bond donors (Lipinski definition) is 1. The predicted molar refractivity (Wildman–Crippen MR) is 76.8 cm³/mol. The lowest BCUT2D eigenvalue weighted by Gasteiger charge is -2.12. The monoisotopic (exact) mass is 239 g/mol. The maximum atomic E-state index is 5.14. The van der Waals surface area contributed by atoms with Crippen LogP contribution in [0.2, 0.25) is 0 Å². The summed E-state index contributed by atoms with van der Waals surface area (Å²) in [6.45, 7) is 6.14. The zero-order valence-electron chi connectivity index (χ0n) is 10.7. The van der Waals surface area contributed by atoms with Crippen LogP contribution in [0.4, 0.5) is 5.69 Å². The normalized spacial score (nSPS) is 9.89. The molecule has 0 aromatic heterocycles. The Kier molecular flexibility index (Phi) is 3.68. The lowest BCUT2D eigenvalue weighted by Crippen LogP contribution is -1.98. The predicted octanol–water partition coefficient (Wildman–Crippen LogP) is 4.09. The first-order chi connectivity index (χ1) is 8.70. The van der Waals surface area contributed by atoms with E-state index in [4.69, 9.17) is 4.74 Å². The first-order valence-corrected chi connectivity index (χ1v) is 5.86. The summed E-state index contributed by atoms with van der Waals surface area (Å²) >= 11 is 0. The van der Waals surface area contributed by atoms with Gasteiger partial charge in [0, 0.05) is 11.4 Å². The van der Waals surface area contributed by atoms with Crippen molar-refractivity contribution in [3.05, 3.63) is 66.2 Å². The molecular weight excluding hydrogens is 222 g/mol. The standard InChI is InChI=1S/C16H17NO/c1-12-6-4-5-7-16(12)17-13(2)14-8-10-15(18-3)11-9-14/h4-11,17H,2H2,1,3H3. The molecular formula is C16H17NO. The maximum absolute atomic E-state index is 5.14. The Morgan fingerprint density at radius 1 is 1.06 bits per heavy atom. The van der Waals surface area contributed by atoms with Crippen molar-refractivity contribution >= 4 is 11.4 Å². The van der Waals surface area contributed by atoms with Crippen molar-refractivity contribution < 1.29 is 4.74 Å². The summed E-state index contributed by atoms with van der Waals surface area (Å²) in [5.41, 5.74) is 4.22. The van der Waals surface area contributed by atoms with Gasteiger partial charge in [-0.05, 0) is 48.4 Å². The van der Waals surface area contributed by atoms with Crippen LogP contribution in [0, 0.1) is 6.92 Å². The summed E-state index contributed by atoms with van der Waals surface area (Å²) in [5, 5.41) is 3.33. The van der Waals surface area contributed by atoms with Crippen molar-refractivity contribution in [3.63, 3.8) is 0 Å². The van der Waals surface area contributed by atoms with Crippen LogP contribution in [0.1, 0.15) is 11.1 Å². The van der Waals surface area contributed by atoms with E-state index >= 15 is 0 Å². The Balaban J connectivity index is 2.14.